The summed E-state index contributed by atoms with van der Waals surface area (Å²) in [5.41, 5.74) is 0.380. The molecule has 1 aromatic rings. The molecule has 19 heavy (non-hydrogen) atoms. The van der Waals surface area contributed by atoms with Gasteiger partial charge in [-0.15, -0.1) is 0 Å². The first-order chi connectivity index (χ1) is 8.66. The molecule has 0 aliphatic heterocycles. The first-order valence-corrected chi connectivity index (χ1v) is 6.84. The highest BCUT2D eigenvalue weighted by molar-refractivity contribution is 7.89. The number of benzene rings is 1. The first-order valence-electron chi connectivity index (χ1n) is 5.40. The van der Waals surface area contributed by atoms with Gasteiger partial charge >= 0.3 is 6.18 Å². The third-order valence-corrected chi connectivity index (χ3v) is 4.35. The number of hydrogen-bond donors (Lipinski definition) is 1. The summed E-state index contributed by atoms with van der Waals surface area (Å²) < 4.78 is 60.9. The molecule has 0 unspecified atom stereocenters. The van der Waals surface area contributed by atoms with Crippen molar-refractivity contribution in [2.45, 2.75) is 24.1 Å². The fraction of sp³-hybridized carbons (Fsp3) is 0.455. The third kappa shape index (κ3) is 4.48. The molecule has 0 bridgehead atoms. The molecule has 108 valence electrons. The van der Waals surface area contributed by atoms with Gasteiger partial charge in [-0.3, -0.25) is 0 Å². The topological polar surface area (TPSA) is 57.6 Å². The summed E-state index contributed by atoms with van der Waals surface area (Å²) in [4.78, 5) is -0.135. The molecule has 0 radical (unpaired) electrons. The lowest BCUT2D eigenvalue weighted by atomic mass is 10.2. The lowest BCUT2D eigenvalue weighted by Gasteiger charge is -2.18. The largest absolute Gasteiger partial charge is 0.392 e. The Kier molecular flexibility index (Phi) is 4.94. The zero-order chi connectivity index (χ0) is 14.7. The Hall–Kier alpha value is -1.12. The van der Waals surface area contributed by atoms with Crippen molar-refractivity contribution in [2.75, 3.05) is 13.6 Å². The van der Waals surface area contributed by atoms with Gasteiger partial charge in [0.1, 0.15) is 0 Å². The summed E-state index contributed by atoms with van der Waals surface area (Å²) >= 11 is 0. The molecule has 8 heteroatoms. The Bertz CT molecular complexity index is 528. The van der Waals surface area contributed by atoms with Crippen LogP contribution in [0.5, 0.6) is 0 Å². The van der Waals surface area contributed by atoms with Crippen LogP contribution in [-0.4, -0.2) is 37.6 Å². The highest BCUT2D eigenvalue weighted by atomic mass is 32.2. The Balaban J connectivity index is 2.90. The molecule has 0 atom stereocenters. The van der Waals surface area contributed by atoms with E-state index in [0.29, 0.717) is 9.87 Å². The molecular formula is C11H14F3NO3S. The Morgan fingerprint density at radius 2 is 1.95 bits per heavy atom. The van der Waals surface area contributed by atoms with Gasteiger partial charge in [0, 0.05) is 13.6 Å². The minimum atomic E-state index is -4.41. The van der Waals surface area contributed by atoms with Crippen molar-refractivity contribution >= 4 is 10.0 Å². The molecule has 4 nitrogen and oxygen atoms in total. The maximum atomic E-state index is 12.1. The number of nitrogens with zero attached hydrogens (tertiary/aromatic N) is 1. The molecule has 0 saturated heterocycles. The van der Waals surface area contributed by atoms with Crippen LogP contribution in [0.15, 0.2) is 29.2 Å². The van der Waals surface area contributed by atoms with Gasteiger partial charge in [0.05, 0.1) is 17.9 Å². The summed E-state index contributed by atoms with van der Waals surface area (Å²) in [5.74, 6) is 0. The average molecular weight is 297 g/mol. The second-order valence-electron chi connectivity index (χ2n) is 4.00. The molecule has 0 spiro atoms. The van der Waals surface area contributed by atoms with Crippen molar-refractivity contribution in [3.63, 3.8) is 0 Å². The molecule has 0 aliphatic carbocycles. The van der Waals surface area contributed by atoms with Crippen LogP contribution in [0, 0.1) is 0 Å². The minimum absolute atomic E-state index is 0.135. The Morgan fingerprint density at radius 1 is 1.32 bits per heavy atom. The van der Waals surface area contributed by atoms with Crippen molar-refractivity contribution in [1.82, 2.24) is 4.31 Å². The van der Waals surface area contributed by atoms with E-state index in [0.717, 1.165) is 7.05 Å². The van der Waals surface area contributed by atoms with Gasteiger partial charge < -0.3 is 5.11 Å². The van der Waals surface area contributed by atoms with Crippen molar-refractivity contribution in [1.29, 1.82) is 0 Å². The van der Waals surface area contributed by atoms with E-state index >= 15 is 0 Å². The SMILES string of the molecule is CN(CCC(F)(F)F)S(=O)(=O)c1cccc(CO)c1. The van der Waals surface area contributed by atoms with E-state index in [1.54, 1.807) is 0 Å². The van der Waals surface area contributed by atoms with E-state index < -0.39 is 29.2 Å². The zero-order valence-corrected chi connectivity index (χ0v) is 11.0. The molecule has 0 heterocycles. The average Bonchev–Trinajstić information content (AvgIpc) is 2.35. The van der Waals surface area contributed by atoms with Crippen LogP contribution in [0.2, 0.25) is 0 Å². The molecule has 0 amide bonds. The van der Waals surface area contributed by atoms with E-state index in [2.05, 4.69) is 0 Å². The summed E-state index contributed by atoms with van der Waals surface area (Å²) in [6.45, 7) is -0.981. The maximum absolute atomic E-state index is 12.1. The number of sulfonamides is 1. The van der Waals surface area contributed by atoms with Crippen molar-refractivity contribution < 1.29 is 26.7 Å². The molecule has 1 rings (SSSR count). The van der Waals surface area contributed by atoms with E-state index in [9.17, 15) is 21.6 Å². The Labute approximate surface area is 109 Å². The smallest absolute Gasteiger partial charge is 0.390 e. The molecule has 0 fully saturated rings. The van der Waals surface area contributed by atoms with Gasteiger partial charge in [-0.2, -0.15) is 13.2 Å². The van der Waals surface area contributed by atoms with Crippen LogP contribution >= 0.6 is 0 Å². The van der Waals surface area contributed by atoms with E-state index in [4.69, 9.17) is 5.11 Å². The first kappa shape index (κ1) is 15.9. The number of alkyl halides is 3. The molecule has 0 aliphatic rings. The minimum Gasteiger partial charge on any atom is -0.392 e. The van der Waals surface area contributed by atoms with Crippen LogP contribution in [0.4, 0.5) is 13.2 Å². The van der Waals surface area contributed by atoms with Crippen molar-refractivity contribution in [3.8, 4) is 0 Å². The molecule has 1 N–H and O–H groups in total. The van der Waals surface area contributed by atoms with E-state index in [1.165, 1.54) is 24.3 Å². The molecule has 1 aromatic carbocycles. The number of hydrogen-bond acceptors (Lipinski definition) is 3. The second kappa shape index (κ2) is 5.89. The summed E-state index contributed by atoms with van der Waals surface area (Å²) in [5, 5.41) is 8.92. The quantitative estimate of drug-likeness (QED) is 0.901. The fourth-order valence-corrected chi connectivity index (χ4v) is 2.63. The molecular weight excluding hydrogens is 283 g/mol. The summed E-state index contributed by atoms with van der Waals surface area (Å²) in [6, 6.07) is 5.46. The van der Waals surface area contributed by atoms with E-state index in [1.807, 2.05) is 0 Å². The fourth-order valence-electron chi connectivity index (χ4n) is 1.39. The highest BCUT2D eigenvalue weighted by Gasteiger charge is 2.30. The Morgan fingerprint density at radius 3 is 2.47 bits per heavy atom. The summed E-state index contributed by atoms with van der Waals surface area (Å²) in [7, 11) is -2.88. The highest BCUT2D eigenvalue weighted by Crippen LogP contribution is 2.22. The molecule has 0 saturated carbocycles. The number of aliphatic hydroxyl groups is 1. The van der Waals surface area contributed by atoms with E-state index in [-0.39, 0.29) is 11.5 Å². The van der Waals surface area contributed by atoms with Crippen LogP contribution in [0.3, 0.4) is 0 Å². The van der Waals surface area contributed by atoms with Crippen molar-refractivity contribution in [3.05, 3.63) is 29.8 Å². The van der Waals surface area contributed by atoms with Crippen LogP contribution in [0.1, 0.15) is 12.0 Å². The van der Waals surface area contributed by atoms with Crippen molar-refractivity contribution in [2.24, 2.45) is 0 Å². The lowest BCUT2D eigenvalue weighted by molar-refractivity contribution is -0.135. The second-order valence-corrected chi connectivity index (χ2v) is 6.04. The number of rotatable bonds is 5. The lowest BCUT2D eigenvalue weighted by Crippen LogP contribution is -2.30. The third-order valence-electron chi connectivity index (χ3n) is 2.50. The van der Waals surface area contributed by atoms with Gasteiger partial charge in [-0.05, 0) is 17.7 Å². The maximum Gasteiger partial charge on any atom is 0.390 e. The van der Waals surface area contributed by atoms with Gasteiger partial charge in [-0.1, -0.05) is 12.1 Å². The van der Waals surface area contributed by atoms with Gasteiger partial charge in [0.25, 0.3) is 0 Å². The zero-order valence-electron chi connectivity index (χ0n) is 10.2. The van der Waals surface area contributed by atoms with Crippen LogP contribution < -0.4 is 0 Å². The predicted octanol–water partition coefficient (Wildman–Crippen LogP) is 1.75. The standard InChI is InChI=1S/C11H14F3NO3S/c1-15(6-5-11(12,13)14)19(17,18)10-4-2-3-9(7-10)8-16/h2-4,7,16H,5-6,8H2,1H3. The monoisotopic (exact) mass is 297 g/mol. The normalized spacial score (nSPS) is 12.9. The van der Waals surface area contributed by atoms with Gasteiger partial charge in [0.15, 0.2) is 0 Å². The van der Waals surface area contributed by atoms with Crippen LogP contribution in [0.25, 0.3) is 0 Å². The number of aliphatic hydroxyl groups excluding tert-OH is 1. The predicted molar refractivity (Wildman–Crippen MR) is 62.9 cm³/mol. The molecule has 0 aromatic heterocycles. The van der Waals surface area contributed by atoms with Gasteiger partial charge in [0.2, 0.25) is 10.0 Å². The summed E-state index contributed by atoms with van der Waals surface area (Å²) in [6.07, 6.45) is -5.61. The van der Waals surface area contributed by atoms with Gasteiger partial charge in [-0.25, -0.2) is 12.7 Å². The van der Waals surface area contributed by atoms with Crippen LogP contribution in [-0.2, 0) is 16.6 Å². The number of halogens is 3.